The highest BCUT2D eigenvalue weighted by atomic mass is 19.2. The van der Waals surface area contributed by atoms with Crippen LogP contribution in [-0.4, -0.2) is 80.3 Å². The molecule has 2 aromatic rings. The summed E-state index contributed by atoms with van der Waals surface area (Å²) in [6, 6.07) is 5.14. The van der Waals surface area contributed by atoms with Crippen LogP contribution in [0.15, 0.2) is 47.7 Å². The van der Waals surface area contributed by atoms with Crippen LogP contribution in [-0.2, 0) is 19.1 Å². The van der Waals surface area contributed by atoms with Crippen LogP contribution in [0.3, 0.4) is 0 Å². The number of hydrogen-bond acceptors (Lipinski definition) is 9. The molecule has 2 aliphatic heterocycles. The molecule has 1 aromatic heterocycles. The molecule has 1 fully saturated rings. The quantitative estimate of drug-likeness (QED) is 0.199. The number of ether oxygens (including phenoxy) is 2. The van der Waals surface area contributed by atoms with Crippen LogP contribution < -0.4 is 26.6 Å². The Kier molecular flexibility index (Phi) is 10.9. The number of nitrogens with one attached hydrogen (secondary N) is 5. The molecule has 0 aliphatic carbocycles. The van der Waals surface area contributed by atoms with Gasteiger partial charge in [-0.3, -0.25) is 4.79 Å². The van der Waals surface area contributed by atoms with E-state index in [-0.39, 0.29) is 48.0 Å². The summed E-state index contributed by atoms with van der Waals surface area (Å²) in [6.45, 7) is 2.39. The van der Waals surface area contributed by atoms with Crippen LogP contribution in [0, 0.1) is 11.6 Å². The number of carbonyl (C=O) groups excluding carboxylic acids is 4. The number of benzene rings is 1. The number of methoxy groups -OCH3 is 2. The molecule has 2 aliphatic rings. The summed E-state index contributed by atoms with van der Waals surface area (Å²) in [7, 11) is 2.46. The summed E-state index contributed by atoms with van der Waals surface area (Å²) < 4.78 is 38.0. The van der Waals surface area contributed by atoms with Crippen molar-refractivity contribution in [2.24, 2.45) is 0 Å². The highest BCUT2D eigenvalue weighted by Crippen LogP contribution is 2.35. The Morgan fingerprint density at radius 1 is 1.11 bits per heavy atom. The second-order valence-corrected chi connectivity index (χ2v) is 10.2. The molecular weight excluding hydrogens is 580 g/mol. The number of esters is 1. The van der Waals surface area contributed by atoms with Gasteiger partial charge in [0.1, 0.15) is 11.9 Å². The van der Waals surface area contributed by atoms with Gasteiger partial charge in [0.25, 0.3) is 0 Å². The van der Waals surface area contributed by atoms with E-state index in [0.29, 0.717) is 18.8 Å². The number of amides is 5. The largest absolute Gasteiger partial charge is 0.466 e. The summed E-state index contributed by atoms with van der Waals surface area (Å²) in [6.07, 6.45) is 1.52. The van der Waals surface area contributed by atoms with Crippen LogP contribution in [0.4, 0.5) is 24.2 Å². The zero-order valence-electron chi connectivity index (χ0n) is 24.5. The Balaban J connectivity index is 1.43. The standard InChI is InChI=1S/C29H35F2N7O6/c1-16(39)35-24-6-4-5-21(36-24)22-14-18(9-10-33-22)32-11-12-34-28(41)38-26(17-7-8-19(30)20(31)13-17)25(27(40)44-3)23(15-43-2)37-29(38)42/h4-8,13,18,22,26,32-33H,9-12,14-15H2,1-3H3,(H,34,41)(H,37,42)(H,35,36,39)/t18?,22?,26-/m0/s1. The molecule has 1 aromatic carbocycles. The fourth-order valence-corrected chi connectivity index (χ4v) is 5.23. The first-order valence-corrected chi connectivity index (χ1v) is 14.0. The molecule has 3 heterocycles. The summed E-state index contributed by atoms with van der Waals surface area (Å²) in [5.41, 5.74) is 0.642. The Morgan fingerprint density at radius 2 is 1.91 bits per heavy atom. The molecule has 4 rings (SSSR count). The lowest BCUT2D eigenvalue weighted by atomic mass is 9.93. The lowest BCUT2D eigenvalue weighted by Gasteiger charge is -2.36. The number of hydrogen-bond donors (Lipinski definition) is 5. The third-order valence-electron chi connectivity index (χ3n) is 7.18. The number of rotatable bonds is 10. The van der Waals surface area contributed by atoms with Crippen molar-refractivity contribution < 1.29 is 37.4 Å². The van der Waals surface area contributed by atoms with Crippen molar-refractivity contribution in [3.63, 3.8) is 0 Å². The summed E-state index contributed by atoms with van der Waals surface area (Å²) in [5, 5.41) is 14.6. The van der Waals surface area contributed by atoms with Crippen molar-refractivity contribution in [3.8, 4) is 0 Å². The van der Waals surface area contributed by atoms with Crippen LogP contribution >= 0.6 is 0 Å². The Labute approximate surface area is 252 Å². The molecule has 236 valence electrons. The predicted octanol–water partition coefficient (Wildman–Crippen LogP) is 2.25. The van der Waals surface area contributed by atoms with Gasteiger partial charge >= 0.3 is 18.0 Å². The van der Waals surface area contributed by atoms with Crippen molar-refractivity contribution in [1.29, 1.82) is 0 Å². The number of piperidine rings is 1. The van der Waals surface area contributed by atoms with Gasteiger partial charge < -0.3 is 36.1 Å². The van der Waals surface area contributed by atoms with Gasteiger partial charge in [-0.05, 0) is 49.2 Å². The fraction of sp³-hybridized carbons (Fsp3) is 0.414. The van der Waals surface area contributed by atoms with Gasteiger partial charge in [-0.15, -0.1) is 0 Å². The van der Waals surface area contributed by atoms with Gasteiger partial charge in [0.15, 0.2) is 11.6 Å². The van der Waals surface area contributed by atoms with E-state index in [1.165, 1.54) is 20.1 Å². The number of nitrogens with zero attached hydrogens (tertiary/aromatic N) is 2. The molecule has 5 amide bonds. The SMILES string of the molecule is COCC1=C(C(=O)OC)[C@H](c2ccc(F)c(F)c2)N(C(=O)NCCNC2CCNC(c3cccc(NC(C)=O)n3)C2)C(=O)N1. The van der Waals surface area contributed by atoms with E-state index in [2.05, 4.69) is 31.6 Å². The average Bonchev–Trinajstić information content (AvgIpc) is 3.00. The molecule has 0 radical (unpaired) electrons. The van der Waals surface area contributed by atoms with E-state index in [1.54, 1.807) is 6.07 Å². The molecule has 0 saturated carbocycles. The van der Waals surface area contributed by atoms with Crippen LogP contribution in [0.2, 0.25) is 0 Å². The number of pyridine rings is 1. The number of imide groups is 1. The molecule has 13 nitrogen and oxygen atoms in total. The first-order valence-electron chi connectivity index (χ1n) is 14.0. The van der Waals surface area contributed by atoms with Crippen LogP contribution in [0.5, 0.6) is 0 Å². The van der Waals surface area contributed by atoms with Crippen molar-refractivity contribution in [3.05, 3.63) is 70.6 Å². The van der Waals surface area contributed by atoms with Crippen LogP contribution in [0.25, 0.3) is 0 Å². The highest BCUT2D eigenvalue weighted by molar-refractivity contribution is 6.01. The zero-order valence-corrected chi connectivity index (χ0v) is 24.5. The number of urea groups is 2. The number of halogens is 2. The summed E-state index contributed by atoms with van der Waals surface area (Å²) >= 11 is 0. The second kappa shape index (κ2) is 14.8. The summed E-state index contributed by atoms with van der Waals surface area (Å²) in [5.74, 6) is -2.97. The molecule has 3 atom stereocenters. The second-order valence-electron chi connectivity index (χ2n) is 10.2. The fourth-order valence-electron chi connectivity index (χ4n) is 5.23. The van der Waals surface area contributed by atoms with Crippen LogP contribution in [0.1, 0.15) is 43.1 Å². The molecule has 44 heavy (non-hydrogen) atoms. The molecule has 2 unspecified atom stereocenters. The van der Waals surface area contributed by atoms with E-state index < -0.39 is 35.7 Å². The van der Waals surface area contributed by atoms with Crippen molar-refractivity contribution in [1.82, 2.24) is 31.2 Å². The van der Waals surface area contributed by atoms with E-state index in [1.807, 2.05) is 12.1 Å². The van der Waals surface area contributed by atoms with E-state index >= 15 is 0 Å². The summed E-state index contributed by atoms with van der Waals surface area (Å²) in [4.78, 5) is 56.0. The lowest BCUT2D eigenvalue weighted by molar-refractivity contribution is -0.137. The van der Waals surface area contributed by atoms with Gasteiger partial charge in [0.2, 0.25) is 5.91 Å². The smallest absolute Gasteiger partial charge is 0.338 e. The Morgan fingerprint density at radius 3 is 2.61 bits per heavy atom. The minimum atomic E-state index is -1.42. The maximum absolute atomic E-state index is 14.3. The predicted molar refractivity (Wildman–Crippen MR) is 154 cm³/mol. The third-order valence-corrected chi connectivity index (χ3v) is 7.18. The van der Waals surface area contributed by atoms with Crippen molar-refractivity contribution >= 4 is 29.8 Å². The topological polar surface area (TPSA) is 163 Å². The molecule has 0 bridgehead atoms. The van der Waals surface area contributed by atoms with E-state index in [4.69, 9.17) is 9.47 Å². The monoisotopic (exact) mass is 615 g/mol. The number of anilines is 1. The van der Waals surface area contributed by atoms with Gasteiger partial charge in [0, 0.05) is 33.2 Å². The minimum Gasteiger partial charge on any atom is -0.466 e. The first-order chi connectivity index (χ1) is 21.1. The lowest BCUT2D eigenvalue weighted by Crippen LogP contribution is -2.56. The molecular formula is C29H35F2N7O6. The maximum atomic E-state index is 14.3. The Bertz CT molecular complexity index is 1440. The number of carbonyl (C=O) groups is 4. The molecule has 5 N–H and O–H groups in total. The van der Waals surface area contributed by atoms with Crippen molar-refractivity contribution in [2.45, 2.75) is 37.9 Å². The maximum Gasteiger partial charge on any atom is 0.338 e. The highest BCUT2D eigenvalue weighted by Gasteiger charge is 2.43. The third kappa shape index (κ3) is 7.72. The van der Waals surface area contributed by atoms with Gasteiger partial charge in [-0.25, -0.2) is 33.0 Å². The van der Waals surface area contributed by atoms with Gasteiger partial charge in [-0.2, -0.15) is 0 Å². The van der Waals surface area contributed by atoms with Gasteiger partial charge in [-0.1, -0.05) is 12.1 Å². The molecule has 15 heteroatoms. The zero-order chi connectivity index (χ0) is 31.8. The Hall–Kier alpha value is -4.47. The molecule has 0 spiro atoms. The average molecular weight is 616 g/mol. The molecule has 1 saturated heterocycles. The van der Waals surface area contributed by atoms with E-state index in [9.17, 15) is 28.0 Å². The van der Waals surface area contributed by atoms with Crippen molar-refractivity contribution in [2.75, 3.05) is 45.8 Å². The minimum absolute atomic E-state index is 0.0158. The van der Waals surface area contributed by atoms with E-state index in [0.717, 1.165) is 42.8 Å². The van der Waals surface area contributed by atoms with Gasteiger partial charge in [0.05, 0.1) is 36.7 Å². The number of aromatic nitrogens is 1. The normalized spacial score (nSPS) is 20.2. The first kappa shape index (κ1) is 32.4.